The van der Waals surface area contributed by atoms with Crippen molar-refractivity contribution in [2.24, 2.45) is 0 Å². The summed E-state index contributed by atoms with van der Waals surface area (Å²) in [6.07, 6.45) is 3.47. The first-order chi connectivity index (χ1) is 9.12. The predicted octanol–water partition coefficient (Wildman–Crippen LogP) is 4.58. The highest BCUT2D eigenvalue weighted by Gasteiger charge is 2.20. The Kier molecular flexibility index (Phi) is 7.25. The molecular formula is C16H26ClNO. The van der Waals surface area contributed by atoms with Gasteiger partial charge in [0.25, 0.3) is 0 Å². The number of hydrogen-bond donors (Lipinski definition) is 1. The van der Waals surface area contributed by atoms with E-state index in [-0.39, 0.29) is 6.10 Å². The van der Waals surface area contributed by atoms with E-state index in [2.05, 4.69) is 33.0 Å². The van der Waals surface area contributed by atoms with Crippen LogP contribution >= 0.6 is 11.6 Å². The van der Waals surface area contributed by atoms with E-state index in [4.69, 9.17) is 16.3 Å². The second-order valence-electron chi connectivity index (χ2n) is 4.93. The van der Waals surface area contributed by atoms with E-state index in [0.717, 1.165) is 42.1 Å². The molecule has 2 nitrogen and oxygen atoms in total. The van der Waals surface area contributed by atoms with Crippen LogP contribution in [0, 0.1) is 6.92 Å². The minimum Gasteiger partial charge on any atom is -0.488 e. The Bertz CT molecular complexity index is 375. The number of likely N-dealkylation sites (N-methyl/N-ethyl adjacent to an activating group) is 1. The second-order valence-corrected chi connectivity index (χ2v) is 5.36. The quantitative estimate of drug-likeness (QED) is 0.754. The molecule has 1 aromatic carbocycles. The lowest BCUT2D eigenvalue weighted by molar-refractivity contribution is 0.142. The molecule has 0 radical (unpaired) electrons. The van der Waals surface area contributed by atoms with E-state index < -0.39 is 0 Å². The number of hydrogen-bond acceptors (Lipinski definition) is 2. The van der Waals surface area contributed by atoms with Crippen molar-refractivity contribution >= 4 is 11.6 Å². The molecule has 0 aliphatic rings. The first-order valence-corrected chi connectivity index (χ1v) is 7.66. The van der Waals surface area contributed by atoms with Crippen molar-refractivity contribution in [2.45, 2.75) is 59.1 Å². The van der Waals surface area contributed by atoms with Gasteiger partial charge in [0.1, 0.15) is 11.9 Å². The summed E-state index contributed by atoms with van der Waals surface area (Å²) >= 11 is 6.05. The number of ether oxygens (including phenoxy) is 1. The monoisotopic (exact) mass is 283 g/mol. The summed E-state index contributed by atoms with van der Waals surface area (Å²) in [5.41, 5.74) is 1.13. The topological polar surface area (TPSA) is 21.3 Å². The summed E-state index contributed by atoms with van der Waals surface area (Å²) in [5.74, 6) is 0.901. The molecule has 0 fully saturated rings. The van der Waals surface area contributed by atoms with Gasteiger partial charge in [-0.05, 0) is 44.0 Å². The van der Waals surface area contributed by atoms with E-state index in [1.807, 2.05) is 18.2 Å². The predicted molar refractivity (Wildman–Crippen MR) is 83.3 cm³/mol. The van der Waals surface area contributed by atoms with Crippen molar-refractivity contribution < 1.29 is 4.74 Å². The lowest BCUT2D eigenvalue weighted by Gasteiger charge is -2.28. The van der Waals surface area contributed by atoms with Gasteiger partial charge in [0.15, 0.2) is 0 Å². The van der Waals surface area contributed by atoms with Crippen LogP contribution in [0.1, 0.15) is 45.6 Å². The Balaban J connectivity index is 2.81. The van der Waals surface area contributed by atoms with Gasteiger partial charge in [0, 0.05) is 11.1 Å². The number of benzene rings is 1. The fraction of sp³-hybridized carbons (Fsp3) is 0.625. The van der Waals surface area contributed by atoms with Crippen LogP contribution in [0.5, 0.6) is 5.75 Å². The molecule has 2 unspecified atom stereocenters. The average Bonchev–Trinajstić information content (AvgIpc) is 2.39. The van der Waals surface area contributed by atoms with Crippen LogP contribution < -0.4 is 10.1 Å². The summed E-state index contributed by atoms with van der Waals surface area (Å²) in [5, 5.41) is 4.26. The van der Waals surface area contributed by atoms with Gasteiger partial charge in [-0.1, -0.05) is 44.9 Å². The van der Waals surface area contributed by atoms with Gasteiger partial charge < -0.3 is 10.1 Å². The van der Waals surface area contributed by atoms with Gasteiger partial charge >= 0.3 is 0 Å². The van der Waals surface area contributed by atoms with Gasteiger partial charge in [-0.25, -0.2) is 0 Å². The summed E-state index contributed by atoms with van der Waals surface area (Å²) in [7, 11) is 0. The molecule has 2 atom stereocenters. The highest BCUT2D eigenvalue weighted by Crippen LogP contribution is 2.25. The first-order valence-electron chi connectivity index (χ1n) is 7.28. The van der Waals surface area contributed by atoms with Crippen molar-refractivity contribution in [3.63, 3.8) is 0 Å². The van der Waals surface area contributed by atoms with E-state index >= 15 is 0 Å². The lowest BCUT2D eigenvalue weighted by atomic mass is 10.0. The molecule has 1 rings (SSSR count). The van der Waals surface area contributed by atoms with Crippen molar-refractivity contribution in [1.29, 1.82) is 0 Å². The molecule has 0 aliphatic carbocycles. The maximum Gasteiger partial charge on any atom is 0.124 e. The minimum absolute atomic E-state index is 0.192. The van der Waals surface area contributed by atoms with Crippen LogP contribution in [0.15, 0.2) is 18.2 Å². The Morgan fingerprint density at radius 3 is 2.58 bits per heavy atom. The summed E-state index contributed by atoms with van der Waals surface area (Å²) in [6.45, 7) is 9.55. The molecule has 0 saturated carbocycles. The average molecular weight is 284 g/mol. The number of nitrogens with one attached hydrogen (secondary N) is 1. The molecule has 0 spiro atoms. The zero-order valence-corrected chi connectivity index (χ0v) is 13.3. The molecule has 0 aromatic heterocycles. The zero-order chi connectivity index (χ0) is 14.3. The Morgan fingerprint density at radius 1 is 1.26 bits per heavy atom. The molecule has 19 heavy (non-hydrogen) atoms. The maximum absolute atomic E-state index is 6.20. The molecular weight excluding hydrogens is 258 g/mol. The highest BCUT2D eigenvalue weighted by atomic mass is 35.5. The molecule has 0 saturated heterocycles. The lowest BCUT2D eigenvalue weighted by Crippen LogP contribution is -2.42. The SMILES string of the molecule is CCCC(NCC)C(CC)Oc1cc(Cl)ccc1C. The van der Waals surface area contributed by atoms with Crippen LogP contribution in [0.2, 0.25) is 5.02 Å². The van der Waals surface area contributed by atoms with Crippen molar-refractivity contribution in [1.82, 2.24) is 5.32 Å². The normalized spacial score (nSPS) is 14.2. The summed E-state index contributed by atoms with van der Waals surface area (Å²) in [4.78, 5) is 0. The van der Waals surface area contributed by atoms with E-state index in [1.165, 1.54) is 0 Å². The summed E-state index contributed by atoms with van der Waals surface area (Å²) in [6, 6.07) is 6.22. The second kappa shape index (κ2) is 8.44. The molecule has 0 aliphatic heterocycles. The smallest absolute Gasteiger partial charge is 0.124 e. The van der Waals surface area contributed by atoms with Crippen LogP contribution in [0.4, 0.5) is 0 Å². The van der Waals surface area contributed by atoms with Gasteiger partial charge in [0.2, 0.25) is 0 Å². The fourth-order valence-electron chi connectivity index (χ4n) is 2.31. The first kappa shape index (κ1) is 16.3. The van der Waals surface area contributed by atoms with E-state index in [9.17, 15) is 0 Å². The van der Waals surface area contributed by atoms with E-state index in [0.29, 0.717) is 6.04 Å². The molecule has 0 heterocycles. The Morgan fingerprint density at radius 2 is 2.00 bits per heavy atom. The molecule has 1 aromatic rings. The largest absolute Gasteiger partial charge is 0.488 e. The van der Waals surface area contributed by atoms with Crippen molar-refractivity contribution in [3.8, 4) is 5.75 Å². The third-order valence-electron chi connectivity index (χ3n) is 3.35. The van der Waals surface area contributed by atoms with Gasteiger partial charge in [-0.3, -0.25) is 0 Å². The molecule has 108 valence electrons. The molecule has 0 amide bonds. The van der Waals surface area contributed by atoms with Gasteiger partial charge in [0.05, 0.1) is 0 Å². The minimum atomic E-state index is 0.192. The highest BCUT2D eigenvalue weighted by molar-refractivity contribution is 6.30. The van der Waals surface area contributed by atoms with Crippen LogP contribution in [-0.2, 0) is 0 Å². The zero-order valence-electron chi connectivity index (χ0n) is 12.5. The third kappa shape index (κ3) is 5.04. The fourth-order valence-corrected chi connectivity index (χ4v) is 2.47. The van der Waals surface area contributed by atoms with Crippen molar-refractivity contribution in [3.05, 3.63) is 28.8 Å². The Labute approximate surface area is 122 Å². The van der Waals surface area contributed by atoms with Crippen LogP contribution in [0.25, 0.3) is 0 Å². The Hall–Kier alpha value is -0.730. The number of halogens is 1. The van der Waals surface area contributed by atoms with Gasteiger partial charge in [-0.15, -0.1) is 0 Å². The number of aryl methyl sites for hydroxylation is 1. The van der Waals surface area contributed by atoms with Gasteiger partial charge in [-0.2, -0.15) is 0 Å². The molecule has 3 heteroatoms. The number of rotatable bonds is 8. The van der Waals surface area contributed by atoms with Crippen molar-refractivity contribution in [2.75, 3.05) is 6.54 Å². The molecule has 1 N–H and O–H groups in total. The van der Waals surface area contributed by atoms with E-state index in [1.54, 1.807) is 0 Å². The standard InChI is InChI=1S/C16H26ClNO/c1-5-8-14(18-7-3)15(6-2)19-16-11-13(17)10-9-12(16)4/h9-11,14-15,18H,5-8H2,1-4H3. The van der Waals surface area contributed by atoms with Crippen LogP contribution in [-0.4, -0.2) is 18.7 Å². The van der Waals surface area contributed by atoms with Crippen LogP contribution in [0.3, 0.4) is 0 Å². The maximum atomic E-state index is 6.20. The molecule has 0 bridgehead atoms. The third-order valence-corrected chi connectivity index (χ3v) is 3.58. The summed E-state index contributed by atoms with van der Waals surface area (Å²) < 4.78 is 6.20.